The van der Waals surface area contributed by atoms with Crippen molar-refractivity contribution in [2.75, 3.05) is 0 Å². The van der Waals surface area contributed by atoms with Crippen molar-refractivity contribution in [3.63, 3.8) is 0 Å². The lowest BCUT2D eigenvalue weighted by atomic mass is 10.1. The Morgan fingerprint density at radius 2 is 1.61 bits per heavy atom. The summed E-state index contributed by atoms with van der Waals surface area (Å²) in [6, 6.07) is 0. The highest BCUT2D eigenvalue weighted by Crippen LogP contribution is 2.66. The van der Waals surface area contributed by atoms with Gasteiger partial charge in [-0.1, -0.05) is 0 Å². The van der Waals surface area contributed by atoms with E-state index in [2.05, 4.69) is 0 Å². The minimum absolute atomic E-state index is 0.0531. The van der Waals surface area contributed by atoms with E-state index >= 15 is 0 Å². The Kier molecular flexibility index (Phi) is 2.45. The molecule has 1 N–H and O–H groups in total. The number of alkyl halides is 6. The third kappa shape index (κ3) is 1.92. The van der Waals surface area contributed by atoms with Crippen molar-refractivity contribution in [2.24, 2.45) is 11.8 Å². The molecule has 10 heteroatoms. The molecular weight excluding hydrogens is 290 g/mol. The third-order valence-corrected chi connectivity index (χ3v) is 3.67. The van der Waals surface area contributed by atoms with Crippen molar-refractivity contribution < 1.29 is 39.3 Å². The summed E-state index contributed by atoms with van der Waals surface area (Å²) in [6.07, 6.45) is -9.99. The van der Waals surface area contributed by atoms with Crippen LogP contribution in [0.1, 0.15) is 0 Å². The molecule has 0 heterocycles. The number of allylic oxidation sites excluding steroid dienone is 3. The molecule has 1 saturated carbocycles. The third-order valence-electron chi connectivity index (χ3n) is 2.76. The molecule has 0 radical (unpaired) electrons. The maximum absolute atomic E-state index is 12.4. The van der Waals surface area contributed by atoms with E-state index in [0.717, 1.165) is 0 Å². The topological polar surface area (TPSA) is 54.4 Å². The Bertz CT molecular complexity index is 565. The fourth-order valence-electron chi connectivity index (χ4n) is 2.08. The lowest BCUT2D eigenvalue weighted by Crippen LogP contribution is -2.20. The van der Waals surface area contributed by atoms with E-state index in [1.165, 1.54) is 0 Å². The average Bonchev–Trinajstić information content (AvgIpc) is 2.65. The maximum Gasteiger partial charge on any atom is 0.413 e. The highest BCUT2D eigenvalue weighted by atomic mass is 32.2. The van der Waals surface area contributed by atoms with E-state index in [9.17, 15) is 34.8 Å². The van der Waals surface area contributed by atoms with E-state index in [4.69, 9.17) is 4.55 Å². The van der Waals surface area contributed by atoms with Gasteiger partial charge in [0.25, 0.3) is 10.1 Å². The molecule has 2 atom stereocenters. The second-order valence-corrected chi connectivity index (χ2v) is 5.28. The van der Waals surface area contributed by atoms with Crippen LogP contribution in [0.15, 0.2) is 22.1 Å². The number of fused-ring (bicyclic) bond motifs is 1. The number of rotatable bonds is 1. The first-order valence-corrected chi connectivity index (χ1v) is 5.86. The highest BCUT2D eigenvalue weighted by Gasteiger charge is 2.69. The summed E-state index contributed by atoms with van der Waals surface area (Å²) in [4.78, 5) is -1.29. The Hall–Kier alpha value is -1.03. The lowest BCUT2D eigenvalue weighted by Gasteiger charge is -2.12. The van der Waals surface area contributed by atoms with Gasteiger partial charge < -0.3 is 0 Å². The van der Waals surface area contributed by atoms with Gasteiger partial charge in [0.1, 0.15) is 0 Å². The molecule has 2 aliphatic carbocycles. The monoisotopic (exact) mass is 294 g/mol. The predicted molar refractivity (Wildman–Crippen MR) is 45.7 cm³/mol. The molecule has 0 aromatic rings. The van der Waals surface area contributed by atoms with Crippen LogP contribution in [0.4, 0.5) is 26.3 Å². The maximum atomic E-state index is 12.4. The normalized spacial score (nSPS) is 28.3. The highest BCUT2D eigenvalue weighted by molar-refractivity contribution is 7.90. The van der Waals surface area contributed by atoms with Crippen LogP contribution in [0.5, 0.6) is 0 Å². The average molecular weight is 294 g/mol. The molecule has 102 valence electrons. The second kappa shape index (κ2) is 3.29. The summed E-state index contributed by atoms with van der Waals surface area (Å²) < 4.78 is 104. The molecule has 0 bridgehead atoms. The quantitative estimate of drug-likeness (QED) is 0.597. The molecule has 1 fully saturated rings. The minimum Gasteiger partial charge on any atom is -0.282 e. The summed E-state index contributed by atoms with van der Waals surface area (Å²) in [5.74, 6) is -4.52. The number of hydrogen-bond donors (Lipinski definition) is 1. The van der Waals surface area contributed by atoms with Crippen LogP contribution in [0, 0.1) is 11.8 Å². The molecule has 0 spiro atoms. The van der Waals surface area contributed by atoms with Crippen LogP contribution in [-0.2, 0) is 10.1 Å². The second-order valence-electron chi connectivity index (χ2n) is 3.89. The predicted octanol–water partition coefficient (Wildman–Crippen LogP) is 2.44. The molecule has 18 heavy (non-hydrogen) atoms. The largest absolute Gasteiger partial charge is 0.413 e. The Morgan fingerprint density at radius 3 is 1.94 bits per heavy atom. The first-order chi connectivity index (χ1) is 7.85. The minimum atomic E-state index is -5.09. The van der Waals surface area contributed by atoms with Crippen molar-refractivity contribution in [3.8, 4) is 0 Å². The standard InChI is InChI=1S/C8H4F6O3S/c9-7(10,11)2-1-3(18(15,16)17)5-4(2)6(5)8(12,13)14/h1,4,6H,(H,15,16,17). The van der Waals surface area contributed by atoms with Crippen LogP contribution >= 0.6 is 0 Å². The molecule has 0 saturated heterocycles. The van der Waals surface area contributed by atoms with Gasteiger partial charge in [-0.2, -0.15) is 34.8 Å². The summed E-state index contributed by atoms with van der Waals surface area (Å²) in [5, 5.41) is 0. The fraction of sp³-hybridized carbons (Fsp3) is 0.500. The Balaban J connectivity index is 2.52. The van der Waals surface area contributed by atoms with Gasteiger partial charge in [-0.15, -0.1) is 0 Å². The van der Waals surface area contributed by atoms with Crippen molar-refractivity contribution in [3.05, 3.63) is 22.1 Å². The van der Waals surface area contributed by atoms with Gasteiger partial charge in [0.2, 0.25) is 0 Å². The zero-order valence-corrected chi connectivity index (χ0v) is 8.99. The van der Waals surface area contributed by atoms with E-state index in [0.29, 0.717) is 0 Å². The van der Waals surface area contributed by atoms with Gasteiger partial charge >= 0.3 is 12.4 Å². The number of hydrogen-bond acceptors (Lipinski definition) is 2. The molecule has 0 aliphatic heterocycles. The smallest absolute Gasteiger partial charge is 0.282 e. The van der Waals surface area contributed by atoms with Crippen LogP contribution in [0.25, 0.3) is 0 Å². The molecule has 0 amide bonds. The summed E-state index contributed by atoms with van der Waals surface area (Å²) in [5.41, 5.74) is -2.52. The SMILES string of the molecule is O=S(=O)(O)C1=C2C(C(C(F)(F)F)=C1)C2C(F)(F)F. The summed E-state index contributed by atoms with van der Waals surface area (Å²) in [6.45, 7) is 0. The van der Waals surface area contributed by atoms with E-state index < -0.39 is 50.4 Å². The van der Waals surface area contributed by atoms with Gasteiger partial charge in [0.05, 0.1) is 10.8 Å². The number of halogens is 6. The molecule has 3 nitrogen and oxygen atoms in total. The van der Waals surface area contributed by atoms with Crippen LogP contribution in [0.2, 0.25) is 0 Å². The van der Waals surface area contributed by atoms with Gasteiger partial charge in [0, 0.05) is 11.5 Å². The van der Waals surface area contributed by atoms with Crippen molar-refractivity contribution in [1.82, 2.24) is 0 Å². The van der Waals surface area contributed by atoms with E-state index in [1.54, 1.807) is 0 Å². The van der Waals surface area contributed by atoms with Gasteiger partial charge in [-0.25, -0.2) is 0 Å². The Morgan fingerprint density at radius 1 is 1.11 bits per heavy atom. The zero-order valence-electron chi connectivity index (χ0n) is 8.17. The lowest BCUT2D eigenvalue weighted by molar-refractivity contribution is -0.150. The first-order valence-electron chi connectivity index (χ1n) is 4.42. The molecule has 2 unspecified atom stereocenters. The van der Waals surface area contributed by atoms with Crippen molar-refractivity contribution in [1.29, 1.82) is 0 Å². The molecule has 2 rings (SSSR count). The van der Waals surface area contributed by atoms with E-state index in [1.807, 2.05) is 0 Å². The van der Waals surface area contributed by atoms with Gasteiger partial charge in [0.15, 0.2) is 0 Å². The molecular formula is C8H4F6O3S. The van der Waals surface area contributed by atoms with Crippen LogP contribution in [-0.4, -0.2) is 25.3 Å². The van der Waals surface area contributed by atoms with Crippen molar-refractivity contribution >= 4 is 10.1 Å². The summed E-state index contributed by atoms with van der Waals surface area (Å²) in [7, 11) is -5.09. The first kappa shape index (κ1) is 13.4. The zero-order chi connectivity index (χ0) is 14.1. The van der Waals surface area contributed by atoms with Gasteiger partial charge in [-0.05, 0) is 11.6 Å². The molecule has 2 aliphatic rings. The van der Waals surface area contributed by atoms with Crippen LogP contribution in [0.3, 0.4) is 0 Å². The molecule has 0 aromatic heterocycles. The van der Waals surface area contributed by atoms with Crippen molar-refractivity contribution in [2.45, 2.75) is 12.4 Å². The van der Waals surface area contributed by atoms with Crippen LogP contribution < -0.4 is 0 Å². The van der Waals surface area contributed by atoms with Gasteiger partial charge in [-0.3, -0.25) is 4.55 Å². The summed E-state index contributed by atoms with van der Waals surface area (Å²) >= 11 is 0. The molecule has 0 aromatic carbocycles. The Labute approximate surface area is 96.5 Å². The fourth-order valence-corrected chi connectivity index (χ4v) is 2.91. The van der Waals surface area contributed by atoms with E-state index in [-0.39, 0.29) is 6.08 Å².